The molecular weight excluding hydrogens is 435 g/mol. The van der Waals surface area contributed by atoms with Gasteiger partial charge in [0.1, 0.15) is 5.56 Å². The molecule has 0 radical (unpaired) electrons. The second-order valence-corrected chi connectivity index (χ2v) is 9.24. The highest BCUT2D eigenvalue weighted by Gasteiger charge is 2.32. The topological polar surface area (TPSA) is 107 Å². The van der Waals surface area contributed by atoms with Crippen LogP contribution in [0.25, 0.3) is 10.9 Å². The first-order valence-electron chi connectivity index (χ1n) is 10.8. The SMILES string of the molecule is CCOC(=O)c1c2n(c3cc(NC4CCN(C(C)=O)CC4)c(F)c(N)c3c1=O)[C@H](C)CS2. The van der Waals surface area contributed by atoms with Gasteiger partial charge in [0, 0.05) is 37.8 Å². The van der Waals surface area contributed by atoms with Crippen molar-refractivity contribution < 1.29 is 18.7 Å². The fraction of sp³-hybridized carbons (Fsp3) is 0.500. The zero-order valence-electron chi connectivity index (χ0n) is 18.4. The molecule has 32 heavy (non-hydrogen) atoms. The number of carbonyl (C=O) groups excluding carboxylic acids is 2. The summed E-state index contributed by atoms with van der Waals surface area (Å²) >= 11 is 1.41. The standard InChI is InChI=1S/C22H27FN4O4S/c1-4-31-22(30)17-20(29)16-15(27-11(2)10-32-21(17)27)9-14(18(23)19(16)24)25-13-5-7-26(8-6-13)12(3)28/h9,11,13,25H,4-8,10,24H2,1-3H3/t11-/m1/s1. The number of likely N-dealkylation sites (tertiary alicyclic amines) is 1. The highest BCUT2D eigenvalue weighted by molar-refractivity contribution is 7.99. The van der Waals surface area contributed by atoms with E-state index in [0.717, 1.165) is 0 Å². The van der Waals surface area contributed by atoms with Crippen molar-refractivity contribution in [2.45, 2.75) is 50.7 Å². The Morgan fingerprint density at radius 1 is 1.34 bits per heavy atom. The first kappa shape index (κ1) is 22.4. The van der Waals surface area contributed by atoms with E-state index in [1.807, 2.05) is 11.5 Å². The lowest BCUT2D eigenvalue weighted by Gasteiger charge is -2.32. The molecule has 2 aromatic rings. The second-order valence-electron chi connectivity index (χ2n) is 8.23. The maximum absolute atomic E-state index is 15.3. The van der Waals surface area contributed by atoms with Crippen LogP contribution in [0, 0.1) is 5.82 Å². The first-order chi connectivity index (χ1) is 15.2. The zero-order valence-corrected chi connectivity index (χ0v) is 19.2. The lowest BCUT2D eigenvalue weighted by molar-refractivity contribution is -0.129. The van der Waals surface area contributed by atoms with Crippen molar-refractivity contribution in [2.24, 2.45) is 0 Å². The quantitative estimate of drug-likeness (QED) is 0.531. The molecule has 3 N–H and O–H groups in total. The molecule has 0 spiro atoms. The number of nitrogens with one attached hydrogen (secondary N) is 1. The lowest BCUT2D eigenvalue weighted by Crippen LogP contribution is -2.41. The number of benzene rings is 1. The smallest absolute Gasteiger partial charge is 0.344 e. The van der Waals surface area contributed by atoms with E-state index in [-0.39, 0.29) is 46.9 Å². The van der Waals surface area contributed by atoms with E-state index < -0.39 is 17.2 Å². The van der Waals surface area contributed by atoms with Crippen molar-refractivity contribution in [3.63, 3.8) is 0 Å². The molecule has 172 valence electrons. The van der Waals surface area contributed by atoms with E-state index in [1.54, 1.807) is 24.8 Å². The largest absolute Gasteiger partial charge is 0.462 e. The second kappa shape index (κ2) is 8.65. The van der Waals surface area contributed by atoms with Crippen molar-refractivity contribution in [2.75, 3.05) is 36.5 Å². The molecule has 1 aromatic carbocycles. The van der Waals surface area contributed by atoms with Crippen LogP contribution in [0.5, 0.6) is 0 Å². The number of carbonyl (C=O) groups is 2. The first-order valence-corrected chi connectivity index (χ1v) is 11.7. The van der Waals surface area contributed by atoms with E-state index in [1.165, 1.54) is 11.8 Å². The number of nitrogens with two attached hydrogens (primary N) is 1. The van der Waals surface area contributed by atoms with E-state index in [2.05, 4.69) is 5.32 Å². The predicted octanol–water partition coefficient (Wildman–Crippen LogP) is 2.99. The number of piperidine rings is 1. The number of anilines is 2. The van der Waals surface area contributed by atoms with Crippen LogP contribution < -0.4 is 16.5 Å². The molecule has 4 rings (SSSR count). The summed E-state index contributed by atoms with van der Waals surface area (Å²) in [6, 6.07) is 1.58. The van der Waals surface area contributed by atoms with E-state index in [0.29, 0.717) is 42.2 Å². The molecular formula is C22H27FN4O4S. The van der Waals surface area contributed by atoms with Crippen molar-refractivity contribution in [1.82, 2.24) is 9.47 Å². The number of aromatic nitrogens is 1. The number of nitrogens with zero attached hydrogens (tertiary/aromatic N) is 2. The number of nitrogen functional groups attached to an aromatic ring is 1. The van der Waals surface area contributed by atoms with E-state index >= 15 is 4.39 Å². The number of halogens is 1. The van der Waals surface area contributed by atoms with E-state index in [4.69, 9.17) is 10.5 Å². The van der Waals surface area contributed by atoms with Gasteiger partial charge in [-0.25, -0.2) is 9.18 Å². The van der Waals surface area contributed by atoms with Gasteiger partial charge in [-0.1, -0.05) is 0 Å². The zero-order chi connectivity index (χ0) is 23.2. The number of fused-ring (bicyclic) bond motifs is 3. The number of hydrogen-bond donors (Lipinski definition) is 2. The van der Waals surface area contributed by atoms with Gasteiger partial charge < -0.3 is 25.3 Å². The van der Waals surface area contributed by atoms with Crippen molar-refractivity contribution in [3.8, 4) is 0 Å². The molecule has 0 aliphatic carbocycles. The molecule has 0 bridgehead atoms. The summed E-state index contributed by atoms with van der Waals surface area (Å²) in [4.78, 5) is 39.1. The predicted molar refractivity (Wildman–Crippen MR) is 123 cm³/mol. The van der Waals surface area contributed by atoms with Gasteiger partial charge in [-0.3, -0.25) is 9.59 Å². The Bertz CT molecular complexity index is 1160. The Balaban J connectivity index is 1.81. The van der Waals surface area contributed by atoms with Gasteiger partial charge in [-0.2, -0.15) is 0 Å². The van der Waals surface area contributed by atoms with Gasteiger partial charge >= 0.3 is 5.97 Å². The minimum Gasteiger partial charge on any atom is -0.462 e. The Morgan fingerprint density at radius 3 is 2.66 bits per heavy atom. The third-order valence-corrected chi connectivity index (χ3v) is 7.43. The molecule has 1 atom stereocenters. The van der Waals surface area contributed by atoms with Crippen LogP contribution >= 0.6 is 11.8 Å². The fourth-order valence-electron chi connectivity index (χ4n) is 4.45. The summed E-state index contributed by atoms with van der Waals surface area (Å²) in [5.41, 5.74) is 5.88. The average molecular weight is 463 g/mol. The number of rotatable bonds is 4. The number of pyridine rings is 1. The van der Waals surface area contributed by atoms with Crippen molar-refractivity contribution in [1.29, 1.82) is 0 Å². The summed E-state index contributed by atoms with van der Waals surface area (Å²) in [6.45, 7) is 6.52. The number of hydrogen-bond acceptors (Lipinski definition) is 7. The van der Waals surface area contributed by atoms with Crippen LogP contribution in [0.1, 0.15) is 50.0 Å². The van der Waals surface area contributed by atoms with Gasteiger partial charge in [-0.15, -0.1) is 11.8 Å². The summed E-state index contributed by atoms with van der Waals surface area (Å²) in [6.07, 6.45) is 1.37. The van der Waals surface area contributed by atoms with Crippen molar-refractivity contribution in [3.05, 3.63) is 27.7 Å². The maximum atomic E-state index is 15.3. The van der Waals surface area contributed by atoms with Crippen LogP contribution in [-0.4, -0.2) is 52.8 Å². The van der Waals surface area contributed by atoms with Crippen LogP contribution in [0.2, 0.25) is 0 Å². The molecule has 1 amide bonds. The third kappa shape index (κ3) is 3.70. The molecule has 1 aromatic heterocycles. The summed E-state index contributed by atoms with van der Waals surface area (Å²) in [5, 5.41) is 3.75. The molecule has 2 aliphatic heterocycles. The summed E-state index contributed by atoms with van der Waals surface area (Å²) < 4.78 is 22.3. The third-order valence-electron chi connectivity index (χ3n) is 6.11. The molecule has 8 nitrogen and oxygen atoms in total. The minimum absolute atomic E-state index is 0.000557. The molecule has 1 saturated heterocycles. The highest BCUT2D eigenvalue weighted by Crippen LogP contribution is 2.40. The van der Waals surface area contributed by atoms with Gasteiger partial charge in [-0.05, 0) is 32.8 Å². The molecule has 2 aliphatic rings. The van der Waals surface area contributed by atoms with Gasteiger partial charge in [0.05, 0.1) is 33.9 Å². The van der Waals surface area contributed by atoms with Crippen LogP contribution in [-0.2, 0) is 9.53 Å². The maximum Gasteiger partial charge on any atom is 0.344 e. The average Bonchev–Trinajstić information content (AvgIpc) is 3.13. The Hall–Kier alpha value is -2.75. The van der Waals surface area contributed by atoms with Crippen LogP contribution in [0.4, 0.5) is 15.8 Å². The molecule has 0 unspecified atom stereocenters. The Kier molecular flexibility index (Phi) is 6.07. The minimum atomic E-state index is -0.719. The van der Waals surface area contributed by atoms with Gasteiger partial charge in [0.25, 0.3) is 0 Å². The number of thioether (sulfide) groups is 1. The number of esters is 1. The Morgan fingerprint density at radius 2 is 2.03 bits per heavy atom. The van der Waals surface area contributed by atoms with Crippen LogP contribution in [0.15, 0.2) is 15.9 Å². The highest BCUT2D eigenvalue weighted by atomic mass is 32.2. The summed E-state index contributed by atoms with van der Waals surface area (Å²) in [7, 11) is 0. The van der Waals surface area contributed by atoms with E-state index in [9.17, 15) is 14.4 Å². The molecule has 3 heterocycles. The monoisotopic (exact) mass is 462 g/mol. The van der Waals surface area contributed by atoms with Gasteiger partial charge in [0.15, 0.2) is 5.82 Å². The van der Waals surface area contributed by atoms with Gasteiger partial charge in [0.2, 0.25) is 11.3 Å². The lowest BCUT2D eigenvalue weighted by atomic mass is 10.0. The summed E-state index contributed by atoms with van der Waals surface area (Å²) in [5.74, 6) is -0.723. The molecule has 0 saturated carbocycles. The molecule has 1 fully saturated rings. The van der Waals surface area contributed by atoms with Crippen LogP contribution in [0.3, 0.4) is 0 Å². The molecule has 10 heteroatoms. The fourth-order valence-corrected chi connectivity index (χ4v) is 5.73. The number of amides is 1. The normalized spacial score (nSPS) is 18.6. The number of ether oxygens (including phenoxy) is 1. The Labute approximate surface area is 189 Å². The van der Waals surface area contributed by atoms with Crippen molar-refractivity contribution >= 4 is 45.9 Å².